The van der Waals surface area contributed by atoms with E-state index >= 15 is 0 Å². The summed E-state index contributed by atoms with van der Waals surface area (Å²) in [5.74, 6) is -0.0562. The van der Waals surface area contributed by atoms with E-state index in [1.165, 1.54) is 24.3 Å². The number of hydrogen-bond donors (Lipinski definition) is 2. The summed E-state index contributed by atoms with van der Waals surface area (Å²) in [6, 6.07) is 14.3. The smallest absolute Gasteiger partial charge is 0.406 e. The lowest BCUT2D eigenvalue weighted by atomic mass is 10.2. The Hall–Kier alpha value is -3.40. The number of nitrogens with one attached hydrogen (secondary N) is 1. The van der Waals surface area contributed by atoms with E-state index < -0.39 is 6.36 Å². The van der Waals surface area contributed by atoms with Crippen LogP contribution in [0.1, 0.15) is 10.4 Å². The van der Waals surface area contributed by atoms with Gasteiger partial charge in [0.1, 0.15) is 5.75 Å². The molecule has 0 aliphatic rings. The molecule has 1 aromatic heterocycles. The molecular weight excluding hydrogens is 377 g/mol. The van der Waals surface area contributed by atoms with Crippen LogP contribution in [-0.2, 0) is 0 Å². The topological polar surface area (TPSA) is 103 Å². The number of benzene rings is 2. The lowest BCUT2D eigenvalue weighted by Gasteiger charge is -2.08. The highest BCUT2D eigenvalue weighted by atomic mass is 19.4. The Morgan fingerprint density at radius 3 is 2.32 bits per heavy atom. The minimum atomic E-state index is -4.69. The molecule has 2 aromatic carbocycles. The Bertz CT molecular complexity index is 839. The summed E-state index contributed by atoms with van der Waals surface area (Å²) >= 11 is 0. The van der Waals surface area contributed by atoms with Gasteiger partial charge in [-0.15, -0.1) is 13.2 Å². The number of hydrogen-bond acceptors (Lipinski definition) is 6. The molecule has 0 unspecified atom stereocenters. The van der Waals surface area contributed by atoms with Crippen molar-refractivity contribution in [3.8, 4) is 17.1 Å². The number of ether oxygens (including phenoxy) is 1. The molecular formula is C18H17F3N4O3. The molecule has 0 saturated carbocycles. The maximum absolute atomic E-state index is 11.9. The minimum absolute atomic E-state index is 0.0685. The summed E-state index contributed by atoms with van der Waals surface area (Å²) in [5, 5.41) is 6.23. The molecule has 0 spiro atoms. The van der Waals surface area contributed by atoms with Crippen LogP contribution in [0.3, 0.4) is 0 Å². The molecule has 0 aliphatic heterocycles. The number of carbonyl (C=O) groups is 1. The van der Waals surface area contributed by atoms with Gasteiger partial charge in [0.2, 0.25) is 12.2 Å². The number of alkyl halides is 3. The van der Waals surface area contributed by atoms with Crippen LogP contribution in [0.5, 0.6) is 5.75 Å². The highest BCUT2D eigenvalue weighted by Crippen LogP contribution is 2.24. The van der Waals surface area contributed by atoms with Crippen LogP contribution in [0.25, 0.3) is 11.4 Å². The highest BCUT2D eigenvalue weighted by molar-refractivity contribution is 5.94. The minimum Gasteiger partial charge on any atom is -0.406 e. The summed E-state index contributed by atoms with van der Waals surface area (Å²) in [5.41, 5.74) is 6.46. The van der Waals surface area contributed by atoms with Crippen LogP contribution in [0, 0.1) is 0 Å². The molecule has 28 heavy (non-hydrogen) atoms. The quantitative estimate of drug-likeness (QED) is 0.690. The van der Waals surface area contributed by atoms with Crippen molar-refractivity contribution >= 4 is 5.91 Å². The molecule has 3 aromatic rings. The van der Waals surface area contributed by atoms with Gasteiger partial charge in [-0.25, -0.2) is 0 Å². The van der Waals surface area contributed by atoms with E-state index in [1.54, 1.807) is 12.1 Å². The zero-order valence-corrected chi connectivity index (χ0v) is 14.5. The number of halogens is 3. The molecule has 0 saturated heterocycles. The van der Waals surface area contributed by atoms with Gasteiger partial charge in [0.15, 0.2) is 0 Å². The monoisotopic (exact) mass is 394 g/mol. The van der Waals surface area contributed by atoms with Crippen molar-refractivity contribution in [3.63, 3.8) is 0 Å². The normalized spacial score (nSPS) is 10.6. The molecule has 1 heterocycles. The van der Waals surface area contributed by atoms with Crippen molar-refractivity contribution in [2.45, 2.75) is 6.36 Å². The summed E-state index contributed by atoms with van der Waals surface area (Å²) in [6.45, 7) is 0.992. The Morgan fingerprint density at radius 2 is 1.79 bits per heavy atom. The number of aromatic nitrogens is 2. The van der Waals surface area contributed by atoms with Gasteiger partial charge in [-0.1, -0.05) is 23.4 Å². The van der Waals surface area contributed by atoms with Crippen LogP contribution in [0.15, 0.2) is 65.5 Å². The van der Waals surface area contributed by atoms with Crippen molar-refractivity contribution in [1.29, 1.82) is 0 Å². The number of nitrogens with two attached hydrogens (primary N) is 1. The second-order valence-electron chi connectivity index (χ2n) is 5.24. The first-order valence-electron chi connectivity index (χ1n) is 8.05. The third kappa shape index (κ3) is 7.08. The van der Waals surface area contributed by atoms with E-state index in [4.69, 9.17) is 5.73 Å². The third-order valence-electron chi connectivity index (χ3n) is 3.17. The Morgan fingerprint density at radius 1 is 1.11 bits per heavy atom. The maximum Gasteiger partial charge on any atom is 0.573 e. The molecule has 3 N–H and O–H groups in total. The zero-order valence-electron chi connectivity index (χ0n) is 14.5. The van der Waals surface area contributed by atoms with Gasteiger partial charge >= 0.3 is 6.36 Å². The SMILES string of the molecule is FC(F)(F)Oc1ccc(-c2ncon2)cc1.NCCNC(=O)c1ccccc1. The van der Waals surface area contributed by atoms with Crippen LogP contribution >= 0.6 is 0 Å². The van der Waals surface area contributed by atoms with E-state index in [0.717, 1.165) is 6.39 Å². The van der Waals surface area contributed by atoms with Crippen LogP contribution in [-0.4, -0.2) is 35.5 Å². The summed E-state index contributed by atoms with van der Waals surface area (Å²) in [6.07, 6.45) is -3.55. The number of carbonyl (C=O) groups excluding carboxylic acids is 1. The molecule has 0 bridgehead atoms. The van der Waals surface area contributed by atoms with E-state index in [1.807, 2.05) is 18.2 Å². The van der Waals surface area contributed by atoms with Crippen molar-refractivity contribution in [1.82, 2.24) is 15.5 Å². The average molecular weight is 394 g/mol. The summed E-state index contributed by atoms with van der Waals surface area (Å²) in [4.78, 5) is 15.0. The Kier molecular flexibility index (Phi) is 7.52. The third-order valence-corrected chi connectivity index (χ3v) is 3.17. The summed E-state index contributed by atoms with van der Waals surface area (Å²) in [7, 11) is 0. The molecule has 0 fully saturated rings. The van der Waals surface area contributed by atoms with E-state index in [0.29, 0.717) is 30.0 Å². The Labute approximate surface area is 158 Å². The second-order valence-corrected chi connectivity index (χ2v) is 5.24. The molecule has 1 amide bonds. The molecule has 148 valence electrons. The van der Waals surface area contributed by atoms with Crippen molar-refractivity contribution in [2.75, 3.05) is 13.1 Å². The largest absolute Gasteiger partial charge is 0.573 e. The average Bonchev–Trinajstić information content (AvgIpc) is 3.21. The highest BCUT2D eigenvalue weighted by Gasteiger charge is 2.30. The van der Waals surface area contributed by atoms with Gasteiger partial charge in [0.25, 0.3) is 5.91 Å². The number of nitrogens with zero attached hydrogens (tertiary/aromatic N) is 2. The molecule has 0 radical (unpaired) electrons. The van der Waals surface area contributed by atoms with Gasteiger partial charge in [-0.2, -0.15) is 4.98 Å². The van der Waals surface area contributed by atoms with Gasteiger partial charge < -0.3 is 20.3 Å². The van der Waals surface area contributed by atoms with E-state index in [9.17, 15) is 18.0 Å². The number of rotatable bonds is 5. The predicted molar refractivity (Wildman–Crippen MR) is 94.2 cm³/mol. The van der Waals surface area contributed by atoms with Crippen molar-refractivity contribution in [2.24, 2.45) is 5.73 Å². The fourth-order valence-corrected chi connectivity index (χ4v) is 1.98. The van der Waals surface area contributed by atoms with Crippen LogP contribution in [0.2, 0.25) is 0 Å². The fraction of sp³-hybridized carbons (Fsp3) is 0.167. The van der Waals surface area contributed by atoms with Gasteiger partial charge in [0, 0.05) is 24.2 Å². The first-order chi connectivity index (χ1) is 13.4. The van der Waals surface area contributed by atoms with Crippen LogP contribution in [0.4, 0.5) is 13.2 Å². The summed E-state index contributed by atoms with van der Waals surface area (Å²) < 4.78 is 43.8. The lowest BCUT2D eigenvalue weighted by Crippen LogP contribution is -2.28. The van der Waals surface area contributed by atoms with E-state index in [-0.39, 0.29) is 11.7 Å². The number of amides is 1. The standard InChI is InChI=1S/C9H5F3N2O2.C9H12N2O/c10-9(11,12)16-7-3-1-6(2-4-7)8-13-5-15-14-8;10-6-7-11-9(12)8-4-2-1-3-5-8/h1-5H;1-5H,6-7,10H2,(H,11,12). The van der Waals surface area contributed by atoms with E-state index in [2.05, 4.69) is 24.7 Å². The molecule has 10 heteroatoms. The second kappa shape index (κ2) is 10.1. The van der Waals surface area contributed by atoms with Gasteiger partial charge in [-0.05, 0) is 36.4 Å². The molecule has 0 atom stereocenters. The van der Waals surface area contributed by atoms with Crippen LogP contribution < -0.4 is 15.8 Å². The first-order valence-corrected chi connectivity index (χ1v) is 8.05. The van der Waals surface area contributed by atoms with Crippen molar-refractivity contribution < 1.29 is 27.2 Å². The lowest BCUT2D eigenvalue weighted by molar-refractivity contribution is -0.274. The molecule has 0 aliphatic carbocycles. The Balaban J connectivity index is 0.000000209. The molecule has 3 rings (SSSR count). The first kappa shape index (κ1) is 20.9. The maximum atomic E-state index is 11.9. The molecule has 7 nitrogen and oxygen atoms in total. The fourth-order valence-electron chi connectivity index (χ4n) is 1.98. The zero-order chi connectivity index (χ0) is 20.4. The van der Waals surface area contributed by atoms with Crippen molar-refractivity contribution in [3.05, 3.63) is 66.6 Å². The van der Waals surface area contributed by atoms with Gasteiger partial charge in [0.05, 0.1) is 0 Å². The van der Waals surface area contributed by atoms with Gasteiger partial charge in [-0.3, -0.25) is 4.79 Å². The predicted octanol–water partition coefficient (Wildman–Crippen LogP) is 3.01.